The van der Waals surface area contributed by atoms with Crippen LogP contribution in [0.4, 0.5) is 0 Å². The van der Waals surface area contributed by atoms with E-state index in [9.17, 15) is 9.59 Å². The monoisotopic (exact) mass is 250 g/mol. The van der Waals surface area contributed by atoms with Gasteiger partial charge in [-0.15, -0.1) is 0 Å². The Hall–Kier alpha value is -2.14. The predicted molar refractivity (Wildman–Crippen MR) is 65.2 cm³/mol. The van der Waals surface area contributed by atoms with Crippen molar-refractivity contribution in [3.05, 3.63) is 29.8 Å². The summed E-state index contributed by atoms with van der Waals surface area (Å²) in [6.07, 6.45) is 3.11. The Morgan fingerprint density at radius 2 is 1.89 bits per heavy atom. The summed E-state index contributed by atoms with van der Waals surface area (Å²) in [5, 5.41) is 8.71. The Morgan fingerprint density at radius 1 is 1.22 bits per heavy atom. The lowest BCUT2D eigenvalue weighted by Crippen LogP contribution is -2.05. The van der Waals surface area contributed by atoms with E-state index >= 15 is 0 Å². The molecule has 1 N–H and O–H groups in total. The molecule has 0 heterocycles. The van der Waals surface area contributed by atoms with Crippen molar-refractivity contribution >= 4 is 18.0 Å². The maximum absolute atomic E-state index is 11.0. The molecule has 1 aromatic rings. The number of esters is 2. The summed E-state index contributed by atoms with van der Waals surface area (Å²) in [5.74, 6) is -0.373. The third kappa shape index (κ3) is 4.39. The van der Waals surface area contributed by atoms with Gasteiger partial charge in [0.25, 0.3) is 0 Å². The summed E-state index contributed by atoms with van der Waals surface area (Å²) < 4.78 is 9.89. The van der Waals surface area contributed by atoms with Crippen molar-refractivity contribution in [1.29, 1.82) is 0 Å². The third-order valence-corrected chi connectivity index (χ3v) is 1.90. The maximum Gasteiger partial charge on any atom is 0.308 e. The lowest BCUT2D eigenvalue weighted by molar-refractivity contribution is -0.132. The van der Waals surface area contributed by atoms with Crippen LogP contribution in [0.15, 0.2) is 24.3 Å². The second kappa shape index (κ2) is 6.56. The van der Waals surface area contributed by atoms with Crippen LogP contribution >= 0.6 is 0 Å². The van der Waals surface area contributed by atoms with Crippen molar-refractivity contribution in [2.45, 2.75) is 13.8 Å². The van der Waals surface area contributed by atoms with E-state index in [0.29, 0.717) is 11.3 Å². The highest BCUT2D eigenvalue weighted by Gasteiger charge is 2.07. The fourth-order valence-electron chi connectivity index (χ4n) is 1.30. The summed E-state index contributed by atoms with van der Waals surface area (Å²) in [6, 6.07) is 4.65. The van der Waals surface area contributed by atoms with Crippen LogP contribution < -0.4 is 9.47 Å². The zero-order valence-corrected chi connectivity index (χ0v) is 10.2. The van der Waals surface area contributed by atoms with E-state index in [1.807, 2.05) is 0 Å². The average Bonchev–Trinajstić information content (AvgIpc) is 2.26. The number of carbonyl (C=O) groups excluding carboxylic acids is 2. The van der Waals surface area contributed by atoms with E-state index < -0.39 is 11.9 Å². The van der Waals surface area contributed by atoms with Gasteiger partial charge in [0.1, 0.15) is 11.5 Å². The second-order valence-corrected chi connectivity index (χ2v) is 3.47. The highest BCUT2D eigenvalue weighted by Crippen LogP contribution is 2.26. The second-order valence-electron chi connectivity index (χ2n) is 3.47. The molecule has 0 saturated heterocycles. The number of carbonyl (C=O) groups is 2. The SMILES string of the molecule is CC(=O)Oc1ccc(/C=C/CO)c(OC(C)=O)c1. The van der Waals surface area contributed by atoms with Gasteiger partial charge in [-0.25, -0.2) is 0 Å². The first-order valence-electron chi connectivity index (χ1n) is 5.31. The fourth-order valence-corrected chi connectivity index (χ4v) is 1.30. The highest BCUT2D eigenvalue weighted by molar-refractivity contribution is 5.73. The molecule has 0 bridgehead atoms. The smallest absolute Gasteiger partial charge is 0.308 e. The minimum atomic E-state index is -0.478. The van der Waals surface area contributed by atoms with E-state index in [-0.39, 0.29) is 12.4 Å². The molecule has 18 heavy (non-hydrogen) atoms. The lowest BCUT2D eigenvalue weighted by Gasteiger charge is -2.08. The molecule has 0 saturated carbocycles. The molecule has 0 aliphatic heterocycles. The van der Waals surface area contributed by atoms with Crippen molar-refractivity contribution in [1.82, 2.24) is 0 Å². The summed E-state index contributed by atoms with van der Waals surface area (Å²) >= 11 is 0. The van der Waals surface area contributed by atoms with Crippen LogP contribution in [0.3, 0.4) is 0 Å². The van der Waals surface area contributed by atoms with Crippen LogP contribution in [0.1, 0.15) is 19.4 Å². The summed E-state index contributed by atoms with van der Waals surface area (Å²) in [4.78, 5) is 21.8. The Bertz CT molecular complexity index is 476. The molecule has 0 radical (unpaired) electrons. The third-order valence-electron chi connectivity index (χ3n) is 1.90. The van der Waals surface area contributed by atoms with Gasteiger partial charge in [0.15, 0.2) is 0 Å². The minimum Gasteiger partial charge on any atom is -0.427 e. The van der Waals surface area contributed by atoms with E-state index in [1.54, 1.807) is 18.2 Å². The fraction of sp³-hybridized carbons (Fsp3) is 0.231. The number of rotatable bonds is 4. The van der Waals surface area contributed by atoms with Crippen molar-refractivity contribution < 1.29 is 24.2 Å². The number of hydrogen-bond donors (Lipinski definition) is 1. The van der Waals surface area contributed by atoms with Crippen LogP contribution in [0.2, 0.25) is 0 Å². The van der Waals surface area contributed by atoms with Crippen molar-refractivity contribution in [2.75, 3.05) is 6.61 Å². The first kappa shape index (κ1) is 13.9. The van der Waals surface area contributed by atoms with Gasteiger partial charge in [0, 0.05) is 25.5 Å². The first-order chi connectivity index (χ1) is 8.52. The highest BCUT2D eigenvalue weighted by atomic mass is 16.5. The van der Waals surface area contributed by atoms with E-state index in [2.05, 4.69) is 0 Å². The molecule has 0 aromatic heterocycles. The van der Waals surface area contributed by atoms with E-state index in [0.717, 1.165) is 0 Å². The van der Waals surface area contributed by atoms with Gasteiger partial charge in [-0.2, -0.15) is 0 Å². The van der Waals surface area contributed by atoms with Gasteiger partial charge in [-0.3, -0.25) is 9.59 Å². The van der Waals surface area contributed by atoms with Crippen molar-refractivity contribution in [2.24, 2.45) is 0 Å². The van der Waals surface area contributed by atoms with Gasteiger partial charge in [-0.1, -0.05) is 12.2 Å². The first-order valence-corrected chi connectivity index (χ1v) is 5.31. The maximum atomic E-state index is 11.0. The summed E-state index contributed by atoms with van der Waals surface area (Å²) in [6.45, 7) is 2.44. The molecule has 0 aliphatic rings. The number of benzene rings is 1. The summed E-state index contributed by atoms with van der Waals surface area (Å²) in [7, 11) is 0. The van der Waals surface area contributed by atoms with Crippen molar-refractivity contribution in [3.63, 3.8) is 0 Å². The average molecular weight is 250 g/mol. The quantitative estimate of drug-likeness (QED) is 0.648. The van der Waals surface area contributed by atoms with Crippen LogP contribution in [0.5, 0.6) is 11.5 Å². The Balaban J connectivity index is 3.07. The Kier molecular flexibility index (Phi) is 5.07. The molecular formula is C13H14O5. The Labute approximate surface area is 105 Å². The van der Waals surface area contributed by atoms with Crippen LogP contribution in [-0.2, 0) is 9.59 Å². The molecule has 0 atom stereocenters. The molecule has 0 unspecified atom stereocenters. The molecule has 5 heteroatoms. The number of hydrogen-bond acceptors (Lipinski definition) is 5. The Morgan fingerprint density at radius 3 is 2.44 bits per heavy atom. The molecule has 0 aliphatic carbocycles. The topological polar surface area (TPSA) is 72.8 Å². The largest absolute Gasteiger partial charge is 0.427 e. The van der Waals surface area contributed by atoms with Crippen LogP contribution in [0.25, 0.3) is 6.08 Å². The molecule has 1 rings (SSSR count). The molecule has 96 valence electrons. The zero-order valence-electron chi connectivity index (χ0n) is 10.2. The molecule has 1 aromatic carbocycles. The van der Waals surface area contributed by atoms with Gasteiger partial charge in [0.2, 0.25) is 0 Å². The lowest BCUT2D eigenvalue weighted by atomic mass is 10.1. The number of aliphatic hydroxyl groups is 1. The van der Waals surface area contributed by atoms with Gasteiger partial charge >= 0.3 is 11.9 Å². The molecule has 0 spiro atoms. The number of ether oxygens (including phenoxy) is 2. The number of aliphatic hydroxyl groups excluding tert-OH is 1. The van der Waals surface area contributed by atoms with E-state index in [4.69, 9.17) is 14.6 Å². The van der Waals surface area contributed by atoms with Crippen molar-refractivity contribution in [3.8, 4) is 11.5 Å². The van der Waals surface area contributed by atoms with Crippen LogP contribution in [0, 0.1) is 0 Å². The zero-order chi connectivity index (χ0) is 13.5. The normalized spacial score (nSPS) is 10.4. The minimum absolute atomic E-state index is 0.120. The molecule has 0 fully saturated rings. The summed E-state index contributed by atoms with van der Waals surface area (Å²) in [5.41, 5.74) is 0.607. The van der Waals surface area contributed by atoms with Gasteiger partial charge in [-0.05, 0) is 12.1 Å². The molecule has 5 nitrogen and oxygen atoms in total. The molecule has 0 amide bonds. The van der Waals surface area contributed by atoms with E-state index in [1.165, 1.54) is 26.0 Å². The standard InChI is InChI=1S/C13H14O5/c1-9(15)17-12-6-5-11(4-3-7-14)13(8-12)18-10(2)16/h3-6,8,14H,7H2,1-2H3/b4-3+. The predicted octanol–water partition coefficient (Wildman–Crippen LogP) is 1.54. The van der Waals surface area contributed by atoms with Crippen LogP contribution in [-0.4, -0.2) is 23.7 Å². The van der Waals surface area contributed by atoms with Gasteiger partial charge < -0.3 is 14.6 Å². The molecular weight excluding hydrogens is 236 g/mol. The van der Waals surface area contributed by atoms with Gasteiger partial charge in [0.05, 0.1) is 6.61 Å².